The summed E-state index contributed by atoms with van der Waals surface area (Å²) in [6, 6.07) is 21.4. The first-order chi connectivity index (χ1) is 10.4. The van der Waals surface area contributed by atoms with Crippen molar-refractivity contribution in [2.75, 3.05) is 0 Å². The molecule has 2 nitrogen and oxygen atoms in total. The van der Waals surface area contributed by atoms with Gasteiger partial charge in [0.2, 0.25) is 0 Å². The van der Waals surface area contributed by atoms with Crippen molar-refractivity contribution in [2.24, 2.45) is 7.05 Å². The van der Waals surface area contributed by atoms with Crippen molar-refractivity contribution in [3.8, 4) is 0 Å². The fourth-order valence-corrected chi connectivity index (χ4v) is 4.77. The van der Waals surface area contributed by atoms with Crippen molar-refractivity contribution in [1.29, 1.82) is 0 Å². The molecule has 0 amide bonds. The molecule has 3 aromatic rings. The fraction of sp³-hybridized carbons (Fsp3) is 0.0625. The summed E-state index contributed by atoms with van der Waals surface area (Å²) in [5, 5.41) is 2.74. The van der Waals surface area contributed by atoms with Crippen LogP contribution in [0.5, 0.6) is 0 Å². The van der Waals surface area contributed by atoms with E-state index in [2.05, 4.69) is 86.5 Å². The predicted molar refractivity (Wildman–Crippen MR) is 89.2 cm³/mol. The third-order valence-electron chi connectivity index (χ3n) is 3.17. The Kier molecular flexibility index (Phi) is 6.69. The molecule has 0 fully saturated rings. The van der Waals surface area contributed by atoms with Crippen LogP contribution in [-0.4, -0.2) is 9.55 Å². The summed E-state index contributed by atoms with van der Waals surface area (Å²) in [6.45, 7) is 0. The minimum absolute atomic E-state index is 1.01. The molecule has 0 unspecified atom stereocenters. The van der Waals surface area contributed by atoms with Crippen molar-refractivity contribution in [3.05, 3.63) is 73.1 Å². The number of benzene rings is 2. The van der Waals surface area contributed by atoms with Crippen LogP contribution in [0.2, 0.25) is 0 Å². The van der Waals surface area contributed by atoms with Crippen LogP contribution in [0.25, 0.3) is 0 Å². The Labute approximate surface area is 142 Å². The van der Waals surface area contributed by atoms with Crippen LogP contribution in [0.4, 0.5) is 0 Å². The first-order valence-corrected chi connectivity index (χ1v) is 10.6. The number of imidazole rings is 1. The number of hydrogen-bond acceptors (Lipinski definition) is 1. The van der Waals surface area contributed by atoms with Crippen molar-refractivity contribution < 1.29 is 20.0 Å². The minimum atomic E-state index is -1.01. The fourth-order valence-electron chi connectivity index (χ4n) is 2.24. The van der Waals surface area contributed by atoms with Crippen LogP contribution in [0.15, 0.2) is 73.1 Å². The molecule has 3 rings (SSSR count). The van der Waals surface area contributed by atoms with Crippen molar-refractivity contribution in [3.63, 3.8) is 0 Å². The van der Waals surface area contributed by atoms with Gasteiger partial charge in [-0.05, 0) is 24.3 Å². The molecule has 0 aliphatic heterocycles. The number of rotatable bonds is 3. The van der Waals surface area contributed by atoms with E-state index in [-0.39, 0.29) is 0 Å². The van der Waals surface area contributed by atoms with Gasteiger partial charge in [-0.25, -0.2) is 4.98 Å². The molecule has 1 heterocycles. The third-order valence-corrected chi connectivity index (χ3v) is 5.92. The summed E-state index contributed by atoms with van der Waals surface area (Å²) in [5.74, 6) is 0. The van der Waals surface area contributed by atoms with E-state index in [1.54, 1.807) is 20.0 Å². The van der Waals surface area contributed by atoms with Gasteiger partial charge in [0.15, 0.2) is 0 Å². The van der Waals surface area contributed by atoms with Crippen LogP contribution in [0, 0.1) is 0 Å². The quantitative estimate of drug-likeness (QED) is 0.400. The topological polar surface area (TPSA) is 17.8 Å². The average molecular weight is 500 g/mol. The van der Waals surface area contributed by atoms with E-state index < -0.39 is 7.92 Å². The van der Waals surface area contributed by atoms with Gasteiger partial charge in [0.25, 0.3) is 5.57 Å². The Morgan fingerprint density at radius 3 is 1.76 bits per heavy atom. The van der Waals surface area contributed by atoms with E-state index in [1.165, 1.54) is 16.2 Å². The van der Waals surface area contributed by atoms with E-state index >= 15 is 0 Å². The molecule has 5 heteroatoms. The van der Waals surface area contributed by atoms with Gasteiger partial charge in [-0.3, -0.25) is 0 Å². The zero-order valence-corrected chi connectivity index (χ0v) is 15.4. The van der Waals surface area contributed by atoms with Gasteiger partial charge < -0.3 is 4.57 Å². The third kappa shape index (κ3) is 4.06. The number of hydrogen-bond donors (Lipinski definition) is 0. The molecule has 0 bridgehead atoms. The van der Waals surface area contributed by atoms with Gasteiger partial charge in [-0.15, -0.1) is 0 Å². The van der Waals surface area contributed by atoms with E-state index in [1.807, 2.05) is 12.4 Å². The van der Waals surface area contributed by atoms with E-state index in [0.29, 0.717) is 0 Å². The molecule has 0 spiro atoms. The molecule has 0 N–H and O–H groups in total. The van der Waals surface area contributed by atoms with E-state index in [9.17, 15) is 0 Å². The van der Waals surface area contributed by atoms with Crippen LogP contribution in [0.1, 0.15) is 0 Å². The first-order valence-electron chi connectivity index (χ1n) is 6.43. The number of nitrogens with zero attached hydrogens (tertiary/aromatic N) is 2. The summed E-state index contributed by atoms with van der Waals surface area (Å²) in [6.07, 6.45) is 3.90. The Hall–Kier alpha value is -0.890. The Morgan fingerprint density at radius 2 is 1.38 bits per heavy atom. The predicted octanol–water partition coefficient (Wildman–Crippen LogP) is 2.60. The maximum absolute atomic E-state index is 4.58. The molecule has 21 heavy (non-hydrogen) atoms. The SMILES string of the molecule is Cn1ccnc1[PH+](c1ccccc1)c1ccccc1.[Cl][Au]. The summed E-state index contributed by atoms with van der Waals surface area (Å²) in [4.78, 5) is 4.58. The Balaban J connectivity index is 0.000000774. The Bertz CT molecular complexity index is 619. The average Bonchev–Trinajstić information content (AvgIpc) is 2.98. The van der Waals surface area contributed by atoms with Gasteiger partial charge in [0, 0.05) is 19.4 Å². The van der Waals surface area contributed by atoms with E-state index in [4.69, 9.17) is 0 Å². The molecule has 112 valence electrons. The maximum atomic E-state index is 4.58. The second-order valence-electron chi connectivity index (χ2n) is 4.47. The summed E-state index contributed by atoms with van der Waals surface area (Å²) < 4.78 is 2.13. The van der Waals surface area contributed by atoms with Crippen molar-refractivity contribution in [2.45, 2.75) is 0 Å². The molecular weight excluding hydrogens is 484 g/mol. The van der Waals surface area contributed by atoms with Gasteiger partial charge >= 0.3 is 29.2 Å². The summed E-state index contributed by atoms with van der Waals surface area (Å²) >= 11 is 1.75. The first kappa shape index (κ1) is 16.5. The van der Waals surface area contributed by atoms with Crippen LogP contribution < -0.4 is 16.2 Å². The van der Waals surface area contributed by atoms with Gasteiger partial charge in [0.1, 0.15) is 18.5 Å². The van der Waals surface area contributed by atoms with Gasteiger partial charge in [-0.1, -0.05) is 36.4 Å². The summed E-state index contributed by atoms with van der Waals surface area (Å²) in [7, 11) is 5.64. The second-order valence-corrected chi connectivity index (χ2v) is 6.82. The molecule has 1 aromatic heterocycles. The normalized spacial score (nSPS) is 10.1. The van der Waals surface area contributed by atoms with Crippen LogP contribution in [0.3, 0.4) is 0 Å². The molecular formula is C16H16AuClN2P+. The van der Waals surface area contributed by atoms with Crippen molar-refractivity contribution >= 4 is 33.3 Å². The van der Waals surface area contributed by atoms with Crippen LogP contribution >= 0.6 is 17.1 Å². The summed E-state index contributed by atoms with van der Waals surface area (Å²) in [5.41, 5.74) is 1.17. The monoisotopic (exact) mass is 499 g/mol. The number of aryl methyl sites for hydroxylation is 1. The molecule has 0 atom stereocenters. The number of aromatic nitrogens is 2. The molecule has 2 aromatic carbocycles. The van der Waals surface area contributed by atoms with Crippen LogP contribution in [-0.2, 0) is 27.0 Å². The molecule has 0 saturated heterocycles. The zero-order chi connectivity index (χ0) is 15.1. The zero-order valence-electron chi connectivity index (χ0n) is 11.5. The Morgan fingerprint density at radius 1 is 0.905 bits per heavy atom. The van der Waals surface area contributed by atoms with Gasteiger partial charge in [0.05, 0.1) is 0 Å². The molecule has 0 radical (unpaired) electrons. The van der Waals surface area contributed by atoms with Crippen molar-refractivity contribution in [1.82, 2.24) is 9.55 Å². The number of halogens is 1. The molecule has 0 aliphatic rings. The second kappa shape index (κ2) is 8.53. The van der Waals surface area contributed by atoms with Gasteiger partial charge in [-0.2, -0.15) is 0 Å². The molecule has 0 aliphatic carbocycles. The standard InChI is InChI=1S/C16H15N2P.Au.ClH/c1-18-13-12-17-16(18)19(14-8-4-2-5-9-14)15-10-6-3-7-11-15;;/h2-13H,1H3;;1H/q;+1;. The molecule has 0 saturated carbocycles. The van der Waals surface area contributed by atoms with E-state index in [0.717, 1.165) is 0 Å².